The molecule has 0 atom stereocenters. The molecule has 5 rings (SSSR count). The number of fused-ring (bicyclic) bond motifs is 2. The van der Waals surface area contributed by atoms with Crippen LogP contribution in [0.3, 0.4) is 0 Å². The molecule has 0 radical (unpaired) electrons. The van der Waals surface area contributed by atoms with Gasteiger partial charge in [0, 0.05) is 36.4 Å². The van der Waals surface area contributed by atoms with Crippen LogP contribution in [0.4, 0.5) is 0 Å². The lowest BCUT2D eigenvalue weighted by molar-refractivity contribution is -0.134. The van der Waals surface area contributed by atoms with Crippen LogP contribution >= 0.6 is 0 Å². The summed E-state index contributed by atoms with van der Waals surface area (Å²) < 4.78 is 5.88. The van der Waals surface area contributed by atoms with Gasteiger partial charge in [0.25, 0.3) is 0 Å². The third kappa shape index (κ3) is 3.04. The number of pyridine rings is 1. The normalized spacial score (nSPS) is 17.9. The summed E-state index contributed by atoms with van der Waals surface area (Å²) in [4.78, 5) is 34.0. The van der Waals surface area contributed by atoms with Crippen LogP contribution < -0.4 is 0 Å². The van der Waals surface area contributed by atoms with E-state index in [1.165, 1.54) is 5.56 Å². The summed E-state index contributed by atoms with van der Waals surface area (Å²) in [7, 11) is 0. The van der Waals surface area contributed by atoms with E-state index in [2.05, 4.69) is 16.0 Å². The minimum absolute atomic E-state index is 0.00434. The zero-order valence-corrected chi connectivity index (χ0v) is 16.1. The number of aryl methyl sites for hydroxylation is 1. The highest BCUT2D eigenvalue weighted by atomic mass is 16.5. The molecule has 0 unspecified atom stereocenters. The number of H-pyrrole nitrogens is 1. The van der Waals surface area contributed by atoms with Gasteiger partial charge in [0.05, 0.1) is 0 Å². The number of aliphatic carboxylic acids is 1. The molecule has 3 aromatic rings. The predicted octanol–water partition coefficient (Wildman–Crippen LogP) is 3.25. The number of carbonyl (C=O) groups is 2. The number of carboxylic acid groups (broad SMARTS) is 1. The molecule has 2 aliphatic rings. The Hall–Kier alpha value is -3.87. The average molecular weight is 401 g/mol. The first-order valence-corrected chi connectivity index (χ1v) is 9.77. The number of rotatable bonds is 3. The summed E-state index contributed by atoms with van der Waals surface area (Å²) in [5.74, 6) is -1.78. The van der Waals surface area contributed by atoms with Gasteiger partial charge in [0.2, 0.25) is 11.7 Å². The monoisotopic (exact) mass is 401 g/mol. The molecule has 4 heterocycles. The summed E-state index contributed by atoms with van der Waals surface area (Å²) >= 11 is 0. The van der Waals surface area contributed by atoms with Gasteiger partial charge in [-0.15, -0.1) is 0 Å². The Morgan fingerprint density at radius 2 is 2.03 bits per heavy atom. The van der Waals surface area contributed by atoms with E-state index in [4.69, 9.17) is 4.74 Å². The maximum Gasteiger partial charge on any atom is 0.345 e. The van der Waals surface area contributed by atoms with Gasteiger partial charge in [-0.05, 0) is 42.2 Å². The third-order valence-electron chi connectivity index (χ3n) is 5.50. The molecule has 150 valence electrons. The standard InChI is InChI=1S/C23H19N3O4/c27-20-18(11-16-12-25-21-17(16)8-3-9-24-21)30-22(19(20)23(28)29)26-10-4-7-14-5-1-2-6-15(14)13-26/h1-3,5-6,8-9,11-12H,4,7,10,13H2,(H,24,25)(H,28,29)/b18-11-. The van der Waals surface area contributed by atoms with Crippen LogP contribution in [-0.2, 0) is 27.3 Å². The Labute approximate surface area is 172 Å². The van der Waals surface area contributed by atoms with Crippen LogP contribution in [0.25, 0.3) is 17.1 Å². The topological polar surface area (TPSA) is 95.5 Å². The minimum atomic E-state index is -1.28. The number of ketones is 1. The highest BCUT2D eigenvalue weighted by Gasteiger charge is 2.38. The first-order chi connectivity index (χ1) is 14.6. The fraction of sp³-hybridized carbons (Fsp3) is 0.174. The lowest BCUT2D eigenvalue weighted by Gasteiger charge is -2.23. The van der Waals surface area contributed by atoms with Crippen LogP contribution in [0.15, 0.2) is 66.0 Å². The maximum atomic E-state index is 12.9. The van der Waals surface area contributed by atoms with Gasteiger partial charge in [0.15, 0.2) is 11.3 Å². The van der Waals surface area contributed by atoms with Crippen molar-refractivity contribution < 1.29 is 19.4 Å². The quantitative estimate of drug-likeness (QED) is 0.517. The number of hydrogen-bond donors (Lipinski definition) is 2. The number of carbonyl (C=O) groups excluding carboxylic acids is 1. The van der Waals surface area contributed by atoms with Crippen LogP contribution in [-0.4, -0.2) is 38.3 Å². The highest BCUT2D eigenvalue weighted by molar-refractivity contribution is 6.26. The van der Waals surface area contributed by atoms with E-state index in [0.29, 0.717) is 24.3 Å². The Kier molecular flexibility index (Phi) is 4.35. The Balaban J connectivity index is 1.52. The third-order valence-corrected chi connectivity index (χ3v) is 5.50. The number of nitrogens with zero attached hydrogens (tertiary/aromatic N) is 2. The second kappa shape index (κ2) is 7.18. The van der Waals surface area contributed by atoms with Crippen molar-refractivity contribution in [3.63, 3.8) is 0 Å². The molecular weight excluding hydrogens is 382 g/mol. The van der Waals surface area contributed by atoms with E-state index in [9.17, 15) is 14.7 Å². The Morgan fingerprint density at radius 3 is 2.87 bits per heavy atom. The summed E-state index contributed by atoms with van der Waals surface area (Å²) in [6, 6.07) is 11.8. The van der Waals surface area contributed by atoms with E-state index < -0.39 is 11.8 Å². The number of hydrogen-bond acceptors (Lipinski definition) is 5. The van der Waals surface area contributed by atoms with Crippen LogP contribution in [0.5, 0.6) is 0 Å². The molecule has 0 aliphatic carbocycles. The van der Waals surface area contributed by atoms with E-state index in [0.717, 1.165) is 23.8 Å². The number of aromatic amines is 1. The molecule has 2 aliphatic heterocycles. The van der Waals surface area contributed by atoms with Crippen molar-refractivity contribution in [2.24, 2.45) is 0 Å². The molecule has 30 heavy (non-hydrogen) atoms. The van der Waals surface area contributed by atoms with Gasteiger partial charge >= 0.3 is 5.97 Å². The Morgan fingerprint density at radius 1 is 1.20 bits per heavy atom. The molecule has 0 fully saturated rings. The number of allylic oxidation sites excluding steroid dienone is 1. The number of carboxylic acids is 1. The maximum absolute atomic E-state index is 12.9. The van der Waals surface area contributed by atoms with E-state index >= 15 is 0 Å². The summed E-state index contributed by atoms with van der Waals surface area (Å²) in [6.45, 7) is 1.11. The molecule has 7 nitrogen and oxygen atoms in total. The van der Waals surface area contributed by atoms with Gasteiger partial charge in [-0.3, -0.25) is 4.79 Å². The van der Waals surface area contributed by atoms with Crippen LogP contribution in [0.1, 0.15) is 23.1 Å². The molecule has 0 saturated carbocycles. The minimum Gasteiger partial charge on any atom is -0.477 e. The lowest BCUT2D eigenvalue weighted by atomic mass is 10.0. The fourth-order valence-corrected chi connectivity index (χ4v) is 4.04. The largest absolute Gasteiger partial charge is 0.477 e. The van der Waals surface area contributed by atoms with Gasteiger partial charge in [-0.1, -0.05) is 24.3 Å². The van der Waals surface area contributed by atoms with Crippen molar-refractivity contribution in [1.82, 2.24) is 14.9 Å². The SMILES string of the molecule is O=C(O)C1=C(N2CCCc3ccccc3C2)O/C(=C\c2c[nH]c3ncccc23)C1=O. The molecule has 7 heteroatoms. The first kappa shape index (κ1) is 18.2. The Bertz CT molecular complexity index is 1240. The fourth-order valence-electron chi connectivity index (χ4n) is 4.04. The molecule has 1 aromatic carbocycles. The highest BCUT2D eigenvalue weighted by Crippen LogP contribution is 2.33. The molecule has 2 N–H and O–H groups in total. The number of nitrogens with one attached hydrogen (secondary N) is 1. The van der Waals surface area contributed by atoms with Gasteiger partial charge in [-0.25, -0.2) is 9.78 Å². The lowest BCUT2D eigenvalue weighted by Crippen LogP contribution is -2.25. The zero-order chi connectivity index (χ0) is 20.7. The summed E-state index contributed by atoms with van der Waals surface area (Å²) in [5.41, 5.74) is 3.44. The van der Waals surface area contributed by atoms with Crippen molar-refractivity contribution >= 4 is 28.9 Å². The van der Waals surface area contributed by atoms with Crippen LogP contribution in [0.2, 0.25) is 0 Å². The number of ether oxygens (including phenoxy) is 1. The first-order valence-electron chi connectivity index (χ1n) is 9.77. The van der Waals surface area contributed by atoms with Crippen molar-refractivity contribution in [2.75, 3.05) is 6.54 Å². The molecular formula is C23H19N3O4. The second-order valence-corrected chi connectivity index (χ2v) is 7.36. The number of benzene rings is 1. The second-order valence-electron chi connectivity index (χ2n) is 7.36. The van der Waals surface area contributed by atoms with Crippen molar-refractivity contribution in [3.05, 3.63) is 82.7 Å². The van der Waals surface area contributed by atoms with Gasteiger partial charge in [0.1, 0.15) is 5.65 Å². The van der Waals surface area contributed by atoms with Crippen molar-refractivity contribution in [3.8, 4) is 0 Å². The van der Waals surface area contributed by atoms with Gasteiger partial charge < -0.3 is 19.7 Å². The van der Waals surface area contributed by atoms with E-state index in [1.54, 1.807) is 24.5 Å². The van der Waals surface area contributed by atoms with E-state index in [1.807, 2.05) is 29.2 Å². The van der Waals surface area contributed by atoms with Gasteiger partial charge in [-0.2, -0.15) is 0 Å². The predicted molar refractivity (Wildman–Crippen MR) is 110 cm³/mol. The molecule has 0 amide bonds. The molecule has 0 spiro atoms. The molecule has 0 bridgehead atoms. The molecule has 2 aromatic heterocycles. The average Bonchev–Trinajstić information content (AvgIpc) is 3.21. The van der Waals surface area contributed by atoms with Crippen molar-refractivity contribution in [1.29, 1.82) is 0 Å². The number of aromatic nitrogens is 2. The zero-order valence-electron chi connectivity index (χ0n) is 16.1. The molecule has 0 saturated heterocycles. The van der Waals surface area contributed by atoms with E-state index in [-0.39, 0.29) is 17.2 Å². The van der Waals surface area contributed by atoms with Crippen molar-refractivity contribution in [2.45, 2.75) is 19.4 Å². The van der Waals surface area contributed by atoms with Crippen LogP contribution in [0, 0.1) is 0 Å². The summed E-state index contributed by atoms with van der Waals surface area (Å²) in [6.07, 6.45) is 6.72. The summed E-state index contributed by atoms with van der Waals surface area (Å²) in [5, 5.41) is 10.6. The smallest absolute Gasteiger partial charge is 0.345 e. The number of Topliss-reactive ketones (excluding diaryl/α,β-unsaturated/α-hetero) is 1.